The SMILES string of the molecule is O=C(O)c1cccc(Nc2cc(N3CCCCC3)c3noc4c3c2C(=O)c2ccccc2-4)c1. The van der Waals surface area contributed by atoms with Gasteiger partial charge in [-0.15, -0.1) is 0 Å². The van der Waals surface area contributed by atoms with Crippen LogP contribution in [0.1, 0.15) is 45.5 Å². The molecule has 7 nitrogen and oxygen atoms in total. The average Bonchev–Trinajstić information content (AvgIpc) is 3.29. The number of nitrogens with zero attached hydrogens (tertiary/aromatic N) is 2. The van der Waals surface area contributed by atoms with Crippen LogP contribution in [0, 0.1) is 0 Å². The first kappa shape index (κ1) is 19.5. The summed E-state index contributed by atoms with van der Waals surface area (Å²) in [4.78, 5) is 27.4. The fraction of sp³-hybridized carbons (Fsp3) is 0.192. The number of carbonyl (C=O) groups excluding carboxylic acids is 1. The summed E-state index contributed by atoms with van der Waals surface area (Å²) in [5, 5.41) is 17.8. The Balaban J connectivity index is 1.59. The van der Waals surface area contributed by atoms with Gasteiger partial charge in [-0.25, -0.2) is 4.79 Å². The summed E-state index contributed by atoms with van der Waals surface area (Å²) in [6.07, 6.45) is 3.39. The Morgan fingerprint density at radius 2 is 1.79 bits per heavy atom. The van der Waals surface area contributed by atoms with E-state index in [1.54, 1.807) is 30.3 Å². The Morgan fingerprint density at radius 3 is 2.58 bits per heavy atom. The molecular formula is C26H21N3O4. The van der Waals surface area contributed by atoms with Crippen LogP contribution in [0.5, 0.6) is 0 Å². The minimum Gasteiger partial charge on any atom is -0.478 e. The largest absolute Gasteiger partial charge is 0.478 e. The molecule has 6 rings (SSSR count). The molecule has 3 aromatic carbocycles. The van der Waals surface area contributed by atoms with Crippen molar-refractivity contribution in [3.8, 4) is 11.3 Å². The van der Waals surface area contributed by atoms with Gasteiger partial charge in [0.25, 0.3) is 0 Å². The molecule has 33 heavy (non-hydrogen) atoms. The number of fused-ring (bicyclic) bond motifs is 2. The third kappa shape index (κ3) is 3.08. The van der Waals surface area contributed by atoms with E-state index in [4.69, 9.17) is 4.52 Å². The summed E-state index contributed by atoms with van der Waals surface area (Å²) >= 11 is 0. The summed E-state index contributed by atoms with van der Waals surface area (Å²) < 4.78 is 5.82. The number of aromatic nitrogens is 1. The number of rotatable bonds is 4. The number of anilines is 3. The molecule has 2 aliphatic rings. The van der Waals surface area contributed by atoms with Crippen molar-refractivity contribution >= 4 is 39.7 Å². The molecule has 1 aliphatic heterocycles. The highest BCUT2D eigenvalue weighted by Crippen LogP contribution is 2.46. The van der Waals surface area contributed by atoms with Crippen molar-refractivity contribution in [2.45, 2.75) is 19.3 Å². The second kappa shape index (κ2) is 7.48. The number of benzene rings is 3. The van der Waals surface area contributed by atoms with Gasteiger partial charge >= 0.3 is 5.97 Å². The quantitative estimate of drug-likeness (QED) is 0.383. The van der Waals surface area contributed by atoms with Gasteiger partial charge in [0.05, 0.1) is 27.9 Å². The van der Waals surface area contributed by atoms with Crippen LogP contribution in [-0.4, -0.2) is 35.1 Å². The van der Waals surface area contributed by atoms with Gasteiger partial charge in [-0.3, -0.25) is 4.79 Å². The molecule has 4 aromatic rings. The van der Waals surface area contributed by atoms with E-state index < -0.39 is 5.97 Å². The molecule has 1 aromatic heterocycles. The third-order valence-corrected chi connectivity index (χ3v) is 6.46. The standard InChI is InChI=1S/C26H21N3O4/c30-24-17-9-2-3-10-18(17)25-22-21(24)19(27-16-8-6-7-15(13-16)26(31)32)14-20(23(22)28-33-25)29-11-4-1-5-12-29/h2-3,6-10,13-14,27H,1,4-5,11-12H2,(H,31,32). The lowest BCUT2D eigenvalue weighted by molar-refractivity contribution is 0.0696. The first-order chi connectivity index (χ1) is 16.1. The molecule has 164 valence electrons. The number of carbonyl (C=O) groups is 2. The predicted octanol–water partition coefficient (Wildman–Crippen LogP) is 5.47. The Hall–Kier alpha value is -4.13. The minimum absolute atomic E-state index is 0.103. The van der Waals surface area contributed by atoms with Crippen LogP contribution in [-0.2, 0) is 0 Å². The summed E-state index contributed by atoms with van der Waals surface area (Å²) in [6.45, 7) is 1.82. The smallest absolute Gasteiger partial charge is 0.335 e. The Labute approximate surface area is 189 Å². The number of nitrogens with one attached hydrogen (secondary N) is 1. The fourth-order valence-corrected chi connectivity index (χ4v) is 4.90. The van der Waals surface area contributed by atoms with Crippen molar-refractivity contribution in [2.24, 2.45) is 0 Å². The van der Waals surface area contributed by atoms with Crippen LogP contribution in [0.15, 0.2) is 59.1 Å². The van der Waals surface area contributed by atoms with Crippen LogP contribution in [0.25, 0.3) is 22.2 Å². The molecule has 0 unspecified atom stereocenters. The van der Waals surface area contributed by atoms with Crippen LogP contribution < -0.4 is 10.2 Å². The number of hydrogen-bond acceptors (Lipinski definition) is 6. The molecule has 2 heterocycles. The third-order valence-electron chi connectivity index (χ3n) is 6.46. The first-order valence-electron chi connectivity index (χ1n) is 11.1. The number of hydrogen-bond donors (Lipinski definition) is 2. The van der Waals surface area contributed by atoms with Crippen molar-refractivity contribution in [3.63, 3.8) is 0 Å². The van der Waals surface area contributed by atoms with Crippen LogP contribution in [0.4, 0.5) is 17.1 Å². The van der Waals surface area contributed by atoms with E-state index in [1.807, 2.05) is 24.3 Å². The number of carboxylic acids is 1. The molecule has 0 radical (unpaired) electrons. The van der Waals surface area contributed by atoms with E-state index in [0.29, 0.717) is 39.2 Å². The van der Waals surface area contributed by atoms with E-state index >= 15 is 0 Å². The van der Waals surface area contributed by atoms with Crippen LogP contribution >= 0.6 is 0 Å². The van der Waals surface area contributed by atoms with E-state index in [-0.39, 0.29) is 11.3 Å². The van der Waals surface area contributed by atoms with Gasteiger partial charge in [0.2, 0.25) is 0 Å². The molecule has 1 aliphatic carbocycles. The second-order valence-electron chi connectivity index (χ2n) is 8.49. The van der Waals surface area contributed by atoms with Gasteiger partial charge < -0.3 is 19.8 Å². The monoisotopic (exact) mass is 439 g/mol. The highest BCUT2D eigenvalue weighted by atomic mass is 16.5. The summed E-state index contributed by atoms with van der Waals surface area (Å²) in [5.41, 5.74) is 4.81. The zero-order valence-corrected chi connectivity index (χ0v) is 17.8. The van der Waals surface area contributed by atoms with E-state index in [0.717, 1.165) is 37.2 Å². The average molecular weight is 439 g/mol. The molecule has 0 atom stereocenters. The maximum absolute atomic E-state index is 13.6. The van der Waals surface area contributed by atoms with Gasteiger partial charge in [0, 0.05) is 29.9 Å². The first-order valence-corrected chi connectivity index (χ1v) is 11.1. The molecule has 0 spiro atoms. The maximum Gasteiger partial charge on any atom is 0.335 e. The predicted molar refractivity (Wildman–Crippen MR) is 126 cm³/mol. The molecule has 7 heteroatoms. The van der Waals surface area contributed by atoms with Crippen molar-refractivity contribution in [3.05, 3.63) is 71.3 Å². The van der Waals surface area contributed by atoms with E-state index in [1.165, 1.54) is 6.42 Å². The van der Waals surface area contributed by atoms with Crippen molar-refractivity contribution < 1.29 is 19.2 Å². The normalized spacial score (nSPS) is 14.9. The topological polar surface area (TPSA) is 95.7 Å². The molecular weight excluding hydrogens is 418 g/mol. The molecule has 0 saturated carbocycles. The van der Waals surface area contributed by atoms with E-state index in [2.05, 4.69) is 15.4 Å². The maximum atomic E-state index is 13.6. The van der Waals surface area contributed by atoms with Gasteiger partial charge in [-0.2, -0.15) is 0 Å². The zero-order chi connectivity index (χ0) is 22.5. The number of ketones is 1. The summed E-state index contributed by atoms with van der Waals surface area (Å²) in [5.74, 6) is -0.513. The zero-order valence-electron chi connectivity index (χ0n) is 17.8. The highest BCUT2D eigenvalue weighted by Gasteiger charge is 2.33. The number of carboxylic acid groups (broad SMARTS) is 1. The van der Waals surface area contributed by atoms with E-state index in [9.17, 15) is 14.7 Å². The van der Waals surface area contributed by atoms with Crippen LogP contribution in [0.2, 0.25) is 0 Å². The lowest BCUT2D eigenvalue weighted by Gasteiger charge is -2.30. The molecule has 1 fully saturated rings. The molecule has 1 saturated heterocycles. The van der Waals surface area contributed by atoms with Crippen molar-refractivity contribution in [2.75, 3.05) is 23.3 Å². The Kier molecular flexibility index (Phi) is 4.43. The van der Waals surface area contributed by atoms with Crippen molar-refractivity contribution in [1.29, 1.82) is 0 Å². The molecule has 2 N–H and O–H groups in total. The number of piperidine rings is 1. The Bertz CT molecular complexity index is 1430. The van der Waals surface area contributed by atoms with Gasteiger partial charge in [0.1, 0.15) is 5.52 Å². The Morgan fingerprint density at radius 1 is 1.00 bits per heavy atom. The fourth-order valence-electron chi connectivity index (χ4n) is 4.90. The second-order valence-corrected chi connectivity index (χ2v) is 8.49. The van der Waals surface area contributed by atoms with Crippen molar-refractivity contribution in [1.82, 2.24) is 5.16 Å². The lowest BCUT2D eigenvalue weighted by Crippen LogP contribution is -2.29. The van der Waals surface area contributed by atoms with Gasteiger partial charge in [-0.05, 0) is 43.5 Å². The highest BCUT2D eigenvalue weighted by molar-refractivity contribution is 6.28. The van der Waals surface area contributed by atoms with Crippen LogP contribution in [0.3, 0.4) is 0 Å². The molecule has 0 bridgehead atoms. The summed E-state index contributed by atoms with van der Waals surface area (Å²) in [7, 11) is 0. The number of aromatic carboxylic acids is 1. The minimum atomic E-state index is -1.00. The summed E-state index contributed by atoms with van der Waals surface area (Å²) in [6, 6.07) is 15.9. The molecule has 0 amide bonds. The van der Waals surface area contributed by atoms with Gasteiger partial charge in [-0.1, -0.05) is 35.5 Å². The lowest BCUT2D eigenvalue weighted by atomic mass is 9.86. The van der Waals surface area contributed by atoms with Gasteiger partial charge in [0.15, 0.2) is 11.5 Å².